The van der Waals surface area contributed by atoms with E-state index in [2.05, 4.69) is 24.8 Å². The van der Waals surface area contributed by atoms with Gasteiger partial charge in [0.15, 0.2) is 0 Å². The molecule has 0 fully saturated rings. The van der Waals surface area contributed by atoms with Crippen molar-refractivity contribution in [2.45, 2.75) is 147 Å². The third-order valence-electron chi connectivity index (χ3n) is 9.33. The third-order valence-corrected chi connectivity index (χ3v) is 10.8. The molecule has 354 valence electrons. The summed E-state index contributed by atoms with van der Waals surface area (Å²) in [5, 5.41) is 28.8. The van der Waals surface area contributed by atoms with Crippen LogP contribution in [0.25, 0.3) is 0 Å². The third kappa shape index (κ3) is 41.5. The Morgan fingerprint density at radius 3 is 1.34 bits per heavy atom. The number of unbranched alkanes of at least 4 members (excludes halogenated alkanes) is 14. The van der Waals surface area contributed by atoms with Crippen LogP contribution in [0, 0.1) is 0 Å². The van der Waals surface area contributed by atoms with Gasteiger partial charge in [0.2, 0.25) is 27.4 Å². The molecule has 0 aromatic heterocycles. The molecule has 7 N–H and O–H groups in total. The monoisotopic (exact) mass is 1100 g/mol. The van der Waals surface area contributed by atoms with Crippen LogP contribution in [0.2, 0.25) is 0 Å². The zero-order chi connectivity index (χ0) is 45.2. The second kappa shape index (κ2) is 43.0. The van der Waals surface area contributed by atoms with Gasteiger partial charge in [-0.25, -0.2) is 8.32 Å². The fourth-order valence-corrected chi connectivity index (χ4v) is 7.54. The van der Waals surface area contributed by atoms with E-state index in [9.17, 15) is 38.7 Å². The Hall–Kier alpha value is -2.25. The van der Waals surface area contributed by atoms with Gasteiger partial charge in [-0.15, -0.1) is 0 Å². The van der Waals surface area contributed by atoms with Gasteiger partial charge in [-0.2, -0.15) is 0 Å². The van der Waals surface area contributed by atoms with Gasteiger partial charge in [0.25, 0.3) is 0 Å². The quantitative estimate of drug-likeness (QED) is 0.0192. The van der Waals surface area contributed by atoms with Crippen molar-refractivity contribution >= 4 is 84.8 Å². The number of amides is 4. The average Bonchev–Trinajstić information content (AvgIpc) is 3.22. The fourth-order valence-electron chi connectivity index (χ4n) is 5.88. The minimum atomic E-state index is -1.18. The van der Waals surface area contributed by atoms with Crippen molar-refractivity contribution in [2.75, 3.05) is 72.5 Å². The smallest absolute Gasteiger partial charge is 0.326 e. The lowest BCUT2D eigenvalue weighted by molar-refractivity contribution is -0.142. The molecule has 0 aliphatic heterocycles. The summed E-state index contributed by atoms with van der Waals surface area (Å²) in [5.74, 6) is -3.12. The normalized spacial score (nSPS) is 12.0. The molecule has 0 rings (SSSR count). The van der Waals surface area contributed by atoms with Crippen molar-refractivity contribution in [2.24, 2.45) is 0 Å². The van der Waals surface area contributed by atoms with Crippen LogP contribution in [0.4, 0.5) is 0 Å². The van der Waals surface area contributed by atoms with Crippen LogP contribution in [-0.2, 0) is 52.5 Å². The van der Waals surface area contributed by atoms with E-state index < -0.39 is 18.0 Å². The minimum absolute atomic E-state index is 0.0261. The molecular formula is C41H73I2N5O13. The molecule has 0 radical (unpaired) electrons. The van der Waals surface area contributed by atoms with Crippen LogP contribution in [0.5, 0.6) is 0 Å². The van der Waals surface area contributed by atoms with Gasteiger partial charge in [0, 0.05) is 84.4 Å². The Balaban J connectivity index is 3.65. The fraction of sp³-hybridized carbons (Fsp3) is 0.829. The Morgan fingerprint density at radius 1 is 0.443 bits per heavy atom. The van der Waals surface area contributed by atoms with E-state index >= 15 is 0 Å². The van der Waals surface area contributed by atoms with Crippen molar-refractivity contribution < 1.29 is 62.7 Å². The van der Waals surface area contributed by atoms with E-state index in [-0.39, 0.29) is 125 Å². The molecule has 0 aromatic rings. The SMILES string of the molecule is O=C(O)CCCCCCCCCCCCCCCCC(=O)N[C@H](CCC(=O)NCCOCCOCC(=O)NCCOCCOCC(=O)NCCCCC(NI)C(=O)I)C(=O)O. The molecule has 18 nitrogen and oxygen atoms in total. The Kier molecular flexibility index (Phi) is 41.4. The molecule has 0 aliphatic rings. The summed E-state index contributed by atoms with van der Waals surface area (Å²) >= 11 is 3.74. The van der Waals surface area contributed by atoms with E-state index in [0.29, 0.717) is 19.4 Å². The van der Waals surface area contributed by atoms with E-state index in [0.717, 1.165) is 51.4 Å². The van der Waals surface area contributed by atoms with Crippen molar-refractivity contribution in [3.8, 4) is 0 Å². The van der Waals surface area contributed by atoms with E-state index in [1.807, 2.05) is 22.9 Å². The Bertz CT molecular complexity index is 1210. The Morgan fingerprint density at radius 2 is 0.885 bits per heavy atom. The molecule has 1 unspecified atom stereocenters. The van der Waals surface area contributed by atoms with Crippen LogP contribution in [0.15, 0.2) is 0 Å². The number of ether oxygens (including phenoxy) is 4. The lowest BCUT2D eigenvalue weighted by Gasteiger charge is -2.14. The summed E-state index contributed by atoms with van der Waals surface area (Å²) in [6.45, 7) is 2.10. The minimum Gasteiger partial charge on any atom is -0.481 e. The highest BCUT2D eigenvalue weighted by Crippen LogP contribution is 2.14. The highest BCUT2D eigenvalue weighted by atomic mass is 127. The van der Waals surface area contributed by atoms with Gasteiger partial charge in [-0.05, 0) is 38.5 Å². The lowest BCUT2D eigenvalue weighted by atomic mass is 10.0. The maximum absolute atomic E-state index is 12.3. The van der Waals surface area contributed by atoms with Crippen molar-refractivity contribution in [1.29, 1.82) is 0 Å². The maximum atomic E-state index is 12.3. The van der Waals surface area contributed by atoms with Gasteiger partial charge in [-0.3, -0.25) is 28.8 Å². The first-order valence-electron chi connectivity index (χ1n) is 21.9. The number of aliphatic carboxylic acids is 2. The summed E-state index contributed by atoms with van der Waals surface area (Å²) in [7, 11) is 0. The predicted octanol–water partition coefficient (Wildman–Crippen LogP) is 4.52. The molecule has 0 aliphatic carbocycles. The van der Waals surface area contributed by atoms with Crippen LogP contribution >= 0.6 is 45.5 Å². The highest BCUT2D eigenvalue weighted by molar-refractivity contribution is 14.1. The number of carboxylic acid groups (broad SMARTS) is 2. The first-order chi connectivity index (χ1) is 29.5. The number of hydrogen-bond donors (Lipinski definition) is 7. The molecule has 0 spiro atoms. The molecule has 61 heavy (non-hydrogen) atoms. The van der Waals surface area contributed by atoms with Crippen molar-refractivity contribution in [3.63, 3.8) is 0 Å². The topological polar surface area (TPSA) is 257 Å². The molecule has 2 atom stereocenters. The number of carbonyl (C=O) groups is 7. The van der Waals surface area contributed by atoms with Crippen molar-refractivity contribution in [3.05, 3.63) is 0 Å². The molecule has 0 saturated heterocycles. The average molecular weight is 1100 g/mol. The van der Waals surface area contributed by atoms with Crippen molar-refractivity contribution in [1.82, 2.24) is 24.8 Å². The van der Waals surface area contributed by atoms with Gasteiger partial charge >= 0.3 is 11.9 Å². The highest BCUT2D eigenvalue weighted by Gasteiger charge is 2.21. The summed E-state index contributed by atoms with van der Waals surface area (Å²) in [6.07, 6.45) is 17.8. The first kappa shape index (κ1) is 58.8. The van der Waals surface area contributed by atoms with E-state index in [1.54, 1.807) is 22.6 Å². The lowest BCUT2D eigenvalue weighted by Crippen LogP contribution is -2.41. The van der Waals surface area contributed by atoms with Crippen LogP contribution in [-0.4, -0.2) is 134 Å². The molecule has 0 aromatic carbocycles. The molecule has 20 heteroatoms. The molecular weight excluding hydrogens is 1020 g/mol. The molecule has 0 bridgehead atoms. The van der Waals surface area contributed by atoms with Gasteiger partial charge < -0.3 is 50.4 Å². The zero-order valence-corrected chi connectivity index (χ0v) is 40.2. The molecule has 0 heterocycles. The van der Waals surface area contributed by atoms with Gasteiger partial charge in [0.1, 0.15) is 19.3 Å². The van der Waals surface area contributed by atoms with Crippen LogP contribution in [0.3, 0.4) is 0 Å². The van der Waals surface area contributed by atoms with Gasteiger partial charge in [-0.1, -0.05) is 77.0 Å². The summed E-state index contributed by atoms with van der Waals surface area (Å²) in [5.41, 5.74) is 0. The number of rotatable bonds is 45. The summed E-state index contributed by atoms with van der Waals surface area (Å²) < 4.78 is 24.3. The van der Waals surface area contributed by atoms with Crippen LogP contribution in [0.1, 0.15) is 135 Å². The maximum Gasteiger partial charge on any atom is 0.326 e. The van der Waals surface area contributed by atoms with E-state index in [4.69, 9.17) is 24.1 Å². The Labute approximate surface area is 389 Å². The largest absolute Gasteiger partial charge is 0.481 e. The number of nitrogens with one attached hydrogen (secondary N) is 5. The second-order valence-corrected chi connectivity index (χ2v) is 16.4. The predicted molar refractivity (Wildman–Crippen MR) is 246 cm³/mol. The summed E-state index contributed by atoms with van der Waals surface area (Å²) in [4.78, 5) is 81.8. The standard InChI is InChI=1S/C41H73I2N5O13/c42-40(55)33(48-43)17-15-16-22-44-37(51)31-60-29-28-59-26-24-46-38(52)32-61-30-27-58-25-23-45-35(49)21-20-34(41(56)57)47-36(50)18-13-11-9-7-5-3-1-2-4-6-8-10-12-14-19-39(53)54/h33-34,48H,1-32H2,(H,44,51)(H,45,49)(H,46,52)(H,47,50)(H,53,54)(H,56,57)/t33?,34-/m1/s1. The number of carbonyl (C=O) groups excluding carboxylic acids is 5. The number of halogens is 2. The molecule has 4 amide bonds. The molecule has 0 saturated carbocycles. The second-order valence-electron chi connectivity index (χ2n) is 14.7. The summed E-state index contributed by atoms with van der Waals surface area (Å²) in [6, 6.07) is -1.32. The van der Waals surface area contributed by atoms with E-state index in [1.165, 1.54) is 44.9 Å². The number of hydrogen-bond acceptors (Lipinski definition) is 12. The van der Waals surface area contributed by atoms with Crippen LogP contribution < -0.4 is 24.8 Å². The zero-order valence-electron chi connectivity index (χ0n) is 35.9. The van der Waals surface area contributed by atoms with Gasteiger partial charge in [0.05, 0.1) is 45.7 Å². The number of carboxylic acids is 2. The first-order valence-corrected chi connectivity index (χ1v) is 24.0.